The Hall–Kier alpha value is -6.92. The van der Waals surface area contributed by atoms with E-state index in [9.17, 15) is 0 Å². The summed E-state index contributed by atoms with van der Waals surface area (Å²) in [6.45, 7) is 10.7. The van der Waals surface area contributed by atoms with E-state index < -0.39 is 0 Å². The van der Waals surface area contributed by atoms with Gasteiger partial charge in [-0.05, 0) is 114 Å². The molecule has 8 aromatic rings. The highest BCUT2D eigenvalue weighted by Crippen LogP contribution is 2.36. The van der Waals surface area contributed by atoms with E-state index in [0.29, 0.717) is 0 Å². The van der Waals surface area contributed by atoms with Crippen LogP contribution in [0.15, 0.2) is 215 Å². The predicted octanol–water partition coefficient (Wildman–Crippen LogP) is 12.7. The maximum absolute atomic E-state index is 6.40. The Kier molecular flexibility index (Phi) is 11.7. The molecule has 0 atom stereocenters. The molecule has 4 N–H and O–H groups in total. The summed E-state index contributed by atoms with van der Waals surface area (Å²) in [6.07, 6.45) is 16.2. The second-order valence-electron chi connectivity index (χ2n) is 13.6. The van der Waals surface area contributed by atoms with Crippen LogP contribution in [0.1, 0.15) is 22.3 Å². The Morgan fingerprint density at radius 2 is 1.12 bits per heavy atom. The highest BCUT2D eigenvalue weighted by molar-refractivity contribution is 6.08. The van der Waals surface area contributed by atoms with Gasteiger partial charge in [0.1, 0.15) is 22.3 Å². The maximum atomic E-state index is 6.40. The fourth-order valence-electron chi connectivity index (χ4n) is 7.06. The van der Waals surface area contributed by atoms with E-state index in [-0.39, 0.29) is 0 Å². The Balaban J connectivity index is 0.000000478. The number of fused-ring (bicyclic) bond motifs is 6. The molecule has 6 aromatic carbocycles. The molecule has 0 radical (unpaired) electrons. The fraction of sp³-hybridized carbons (Fsp3) is 0.0588. The quantitative estimate of drug-likeness (QED) is 0.136. The molecule has 0 fully saturated rings. The molecule has 0 amide bonds. The molecule has 0 bridgehead atoms. The van der Waals surface area contributed by atoms with Crippen LogP contribution in [0.2, 0.25) is 0 Å². The first-order chi connectivity index (χ1) is 27.5. The van der Waals surface area contributed by atoms with Crippen molar-refractivity contribution in [3.8, 4) is 0 Å². The van der Waals surface area contributed by atoms with E-state index in [1.807, 2.05) is 73.0 Å². The fourth-order valence-corrected chi connectivity index (χ4v) is 7.06. The molecular formula is C51H45N3O2. The van der Waals surface area contributed by atoms with Gasteiger partial charge >= 0.3 is 0 Å². The predicted molar refractivity (Wildman–Crippen MR) is 237 cm³/mol. The third kappa shape index (κ3) is 8.25. The van der Waals surface area contributed by atoms with Crippen LogP contribution in [0, 0.1) is 6.92 Å². The van der Waals surface area contributed by atoms with Crippen LogP contribution < -0.4 is 16.6 Å². The number of para-hydroxylation sites is 2. The Bertz CT molecular complexity index is 2760. The average Bonchev–Trinajstić information content (AvgIpc) is 3.81. The van der Waals surface area contributed by atoms with Crippen LogP contribution in [-0.4, -0.2) is 0 Å². The summed E-state index contributed by atoms with van der Waals surface area (Å²) >= 11 is 0. The van der Waals surface area contributed by atoms with Crippen LogP contribution in [-0.2, 0) is 12.8 Å². The smallest absolute Gasteiger partial charge is 0.135 e. The molecule has 0 saturated carbocycles. The molecule has 0 aliphatic carbocycles. The van der Waals surface area contributed by atoms with Gasteiger partial charge in [-0.3, -0.25) is 11.7 Å². The zero-order valence-electron chi connectivity index (χ0n) is 31.6. The van der Waals surface area contributed by atoms with Gasteiger partial charge in [0.25, 0.3) is 0 Å². The average molecular weight is 732 g/mol. The van der Waals surface area contributed by atoms with Crippen LogP contribution in [0.4, 0.5) is 5.69 Å². The topological polar surface area (TPSA) is 81.6 Å². The third-order valence-corrected chi connectivity index (χ3v) is 9.87. The monoisotopic (exact) mass is 731 g/mol. The number of nitrogens with zero attached hydrogens (tertiary/aromatic N) is 1. The van der Waals surface area contributed by atoms with Crippen molar-refractivity contribution in [2.24, 2.45) is 11.7 Å². The zero-order valence-corrected chi connectivity index (χ0v) is 31.6. The number of benzene rings is 6. The van der Waals surface area contributed by atoms with Gasteiger partial charge in [0.15, 0.2) is 0 Å². The molecule has 0 spiro atoms. The molecule has 9 rings (SSSR count). The van der Waals surface area contributed by atoms with Crippen LogP contribution >= 0.6 is 0 Å². The summed E-state index contributed by atoms with van der Waals surface area (Å²) < 4.78 is 12.6. The number of hydrogen-bond acceptors (Lipinski definition) is 5. The number of hydrazine groups is 1. The summed E-state index contributed by atoms with van der Waals surface area (Å²) in [5.41, 5.74) is 12.4. The standard InChI is InChI=1S/C44H33NO2.C7H8.H4N2/c1-30-12-8-9-26-45(36-15-4-3-5-16-36)27-25-35(28-31(30)2)34-23-24-40-38(29-34)44-33(14-11-20-42(44)47-40)22-21-32-13-10-19-41-43(32)37-17-6-7-18-39(37)46-41;1-7-5-3-2-4-6-7;1-2/h3-20,23-29H,1-2,21-22H2;2-6H,1H3;1-2H2/b12-8-,26-9-,27-25-,35-28+;;. The number of anilines is 1. The zero-order chi connectivity index (χ0) is 38.9. The SMILES string of the molecule is C=C1/C=C\C=C/N(c2ccccc2)/C=C\C(c2ccc3oc4cccc(CCc5cccc6oc7ccccc7c56)c4c3c2)=C/C1=C.Cc1ccccc1.NN. The number of furan rings is 2. The minimum absolute atomic E-state index is 0.862. The second kappa shape index (κ2) is 17.5. The minimum atomic E-state index is 0.862. The van der Waals surface area contributed by atoms with Crippen molar-refractivity contribution in [1.82, 2.24) is 0 Å². The van der Waals surface area contributed by atoms with Crippen LogP contribution in [0.5, 0.6) is 0 Å². The Morgan fingerprint density at radius 3 is 1.79 bits per heavy atom. The lowest BCUT2D eigenvalue weighted by molar-refractivity contribution is 0.668. The first kappa shape index (κ1) is 37.4. The summed E-state index contributed by atoms with van der Waals surface area (Å²) in [6, 6.07) is 48.1. The summed E-state index contributed by atoms with van der Waals surface area (Å²) in [4.78, 5) is 2.11. The van der Waals surface area contributed by atoms with Gasteiger partial charge in [-0.25, -0.2) is 0 Å². The lowest BCUT2D eigenvalue weighted by atomic mass is 9.95. The molecule has 5 heteroatoms. The minimum Gasteiger partial charge on any atom is -0.456 e. The van der Waals surface area contributed by atoms with Crippen molar-refractivity contribution >= 4 is 55.1 Å². The number of rotatable bonds is 5. The van der Waals surface area contributed by atoms with Crippen molar-refractivity contribution in [2.45, 2.75) is 19.8 Å². The number of nitrogens with two attached hydrogens (primary N) is 2. The molecule has 1 aliphatic rings. The third-order valence-electron chi connectivity index (χ3n) is 9.87. The molecule has 1 aliphatic heterocycles. The Labute approximate surface area is 328 Å². The highest BCUT2D eigenvalue weighted by Gasteiger charge is 2.15. The van der Waals surface area contributed by atoms with Gasteiger partial charge in [-0.2, -0.15) is 0 Å². The molecule has 0 saturated heterocycles. The molecule has 2 aromatic heterocycles. The van der Waals surface area contributed by atoms with Crippen molar-refractivity contribution in [1.29, 1.82) is 0 Å². The summed E-state index contributed by atoms with van der Waals surface area (Å²) in [7, 11) is 0. The van der Waals surface area contributed by atoms with Crippen molar-refractivity contribution in [3.05, 3.63) is 229 Å². The molecule has 3 heterocycles. The Morgan fingerprint density at radius 1 is 0.536 bits per heavy atom. The molecule has 5 nitrogen and oxygen atoms in total. The van der Waals surface area contributed by atoms with E-state index in [1.54, 1.807) is 0 Å². The lowest BCUT2D eigenvalue weighted by Gasteiger charge is -2.16. The van der Waals surface area contributed by atoms with E-state index in [2.05, 4.69) is 146 Å². The maximum Gasteiger partial charge on any atom is 0.135 e. The summed E-state index contributed by atoms with van der Waals surface area (Å²) in [5.74, 6) is 8.00. The van der Waals surface area contributed by atoms with Crippen molar-refractivity contribution in [3.63, 3.8) is 0 Å². The van der Waals surface area contributed by atoms with Crippen LogP contribution in [0.25, 0.3) is 49.5 Å². The van der Waals surface area contributed by atoms with Gasteiger partial charge < -0.3 is 13.7 Å². The first-order valence-electron chi connectivity index (χ1n) is 18.7. The van der Waals surface area contributed by atoms with E-state index in [0.717, 1.165) is 73.9 Å². The van der Waals surface area contributed by atoms with E-state index in [1.165, 1.54) is 27.5 Å². The molecule has 56 heavy (non-hydrogen) atoms. The van der Waals surface area contributed by atoms with Crippen molar-refractivity contribution in [2.75, 3.05) is 4.90 Å². The van der Waals surface area contributed by atoms with Crippen LogP contribution in [0.3, 0.4) is 0 Å². The molecule has 276 valence electrons. The number of aryl methyl sites for hydroxylation is 3. The largest absolute Gasteiger partial charge is 0.456 e. The molecular weight excluding hydrogens is 687 g/mol. The van der Waals surface area contributed by atoms with Gasteiger partial charge in [0, 0.05) is 39.6 Å². The van der Waals surface area contributed by atoms with E-state index in [4.69, 9.17) is 8.83 Å². The van der Waals surface area contributed by atoms with Gasteiger partial charge in [0.2, 0.25) is 0 Å². The van der Waals surface area contributed by atoms with E-state index >= 15 is 0 Å². The number of hydrogen-bond donors (Lipinski definition) is 2. The normalized spacial score (nSPS) is 15.6. The van der Waals surface area contributed by atoms with Gasteiger partial charge in [0.05, 0.1) is 0 Å². The number of allylic oxidation sites excluding steroid dienone is 8. The lowest BCUT2D eigenvalue weighted by Crippen LogP contribution is -2.06. The van der Waals surface area contributed by atoms with Gasteiger partial charge in [-0.15, -0.1) is 0 Å². The highest BCUT2D eigenvalue weighted by atomic mass is 16.3. The summed E-state index contributed by atoms with van der Waals surface area (Å²) in [5, 5.41) is 4.64. The first-order valence-corrected chi connectivity index (χ1v) is 18.7. The molecule has 0 unspecified atom stereocenters. The van der Waals surface area contributed by atoms with Gasteiger partial charge in [-0.1, -0.05) is 128 Å². The second-order valence-corrected chi connectivity index (χ2v) is 13.6. The van der Waals surface area contributed by atoms with Crippen molar-refractivity contribution < 1.29 is 8.83 Å².